The third-order valence-electron chi connectivity index (χ3n) is 3.38. The first-order valence-corrected chi connectivity index (χ1v) is 7.70. The summed E-state index contributed by atoms with van der Waals surface area (Å²) < 4.78 is 0.932. The number of pyridine rings is 2. The Labute approximate surface area is 132 Å². The van der Waals surface area contributed by atoms with Crippen LogP contribution in [-0.2, 0) is 0 Å². The Kier molecular flexibility index (Phi) is 3.88. The largest absolute Gasteiger partial charge is 0.354 e. The molecule has 0 saturated carbocycles. The molecule has 3 rings (SSSR count). The monoisotopic (exact) mass is 341 g/mol. The van der Waals surface area contributed by atoms with E-state index >= 15 is 0 Å². The molecule has 1 N–H and O–H groups in total. The third-order valence-corrected chi connectivity index (χ3v) is 3.81. The summed E-state index contributed by atoms with van der Waals surface area (Å²) in [6.45, 7) is 4.39. The molecular weight excluding hydrogens is 326 g/mol. The van der Waals surface area contributed by atoms with Crippen molar-refractivity contribution in [3.05, 3.63) is 58.8 Å². The first-order chi connectivity index (χ1) is 10.1. The molecule has 2 aromatic heterocycles. The van der Waals surface area contributed by atoms with E-state index in [0.717, 1.165) is 26.9 Å². The van der Waals surface area contributed by atoms with Crippen molar-refractivity contribution in [2.24, 2.45) is 0 Å². The van der Waals surface area contributed by atoms with E-state index in [9.17, 15) is 0 Å². The zero-order chi connectivity index (χ0) is 14.8. The summed E-state index contributed by atoms with van der Waals surface area (Å²) in [5.41, 5.74) is 5.09. The Balaban J connectivity index is 2.00. The number of benzene rings is 1. The maximum absolute atomic E-state index is 4.46. The van der Waals surface area contributed by atoms with E-state index in [-0.39, 0.29) is 0 Å². The lowest BCUT2D eigenvalue weighted by atomic mass is 10.0. The van der Waals surface area contributed by atoms with Gasteiger partial charge in [0.15, 0.2) is 0 Å². The van der Waals surface area contributed by atoms with Gasteiger partial charge in [-0.25, -0.2) is 0 Å². The van der Waals surface area contributed by atoms with Gasteiger partial charge in [-0.05, 0) is 51.7 Å². The van der Waals surface area contributed by atoms with E-state index in [4.69, 9.17) is 0 Å². The number of nitrogens with zero attached hydrogens (tertiary/aromatic N) is 2. The van der Waals surface area contributed by atoms with Gasteiger partial charge >= 0.3 is 0 Å². The zero-order valence-electron chi connectivity index (χ0n) is 12.0. The number of rotatable bonds is 3. The molecule has 4 heteroatoms. The van der Waals surface area contributed by atoms with Gasteiger partial charge in [0, 0.05) is 22.6 Å². The van der Waals surface area contributed by atoms with Crippen LogP contribution in [0.15, 0.2) is 53.3 Å². The summed E-state index contributed by atoms with van der Waals surface area (Å²) in [6.07, 6.45) is 3.59. The van der Waals surface area contributed by atoms with Crippen LogP contribution in [0.3, 0.4) is 0 Å². The van der Waals surface area contributed by atoms with Crippen LogP contribution in [0.25, 0.3) is 11.0 Å². The topological polar surface area (TPSA) is 37.8 Å². The number of nitrogens with one attached hydrogen (secondary N) is 1. The van der Waals surface area contributed by atoms with E-state index in [1.54, 1.807) is 12.4 Å². The number of halogens is 1. The second kappa shape index (κ2) is 5.82. The molecule has 21 heavy (non-hydrogen) atoms. The van der Waals surface area contributed by atoms with Crippen LogP contribution in [0.5, 0.6) is 0 Å². The molecule has 0 saturated heterocycles. The molecule has 0 radical (unpaired) electrons. The van der Waals surface area contributed by atoms with Crippen LogP contribution in [0.1, 0.15) is 25.3 Å². The van der Waals surface area contributed by atoms with E-state index < -0.39 is 0 Å². The predicted molar refractivity (Wildman–Crippen MR) is 91.1 cm³/mol. The number of hydrogen-bond acceptors (Lipinski definition) is 3. The fraction of sp³-hybridized carbons (Fsp3) is 0.176. The minimum absolute atomic E-state index is 0.509. The number of aromatic nitrogens is 2. The normalized spacial score (nSPS) is 11.0. The molecule has 3 aromatic rings. The lowest BCUT2D eigenvalue weighted by Crippen LogP contribution is -1.96. The van der Waals surface area contributed by atoms with Gasteiger partial charge in [-0.3, -0.25) is 9.97 Å². The Morgan fingerprint density at radius 2 is 1.95 bits per heavy atom. The van der Waals surface area contributed by atoms with E-state index in [2.05, 4.69) is 69.3 Å². The quantitative estimate of drug-likeness (QED) is 0.706. The van der Waals surface area contributed by atoms with Crippen molar-refractivity contribution < 1.29 is 0 Å². The Morgan fingerprint density at radius 1 is 1.10 bits per heavy atom. The first kappa shape index (κ1) is 14.0. The molecule has 106 valence electrons. The summed E-state index contributed by atoms with van der Waals surface area (Å²) in [6, 6.07) is 12.4. The van der Waals surface area contributed by atoms with Crippen molar-refractivity contribution in [1.29, 1.82) is 0 Å². The zero-order valence-corrected chi connectivity index (χ0v) is 13.6. The maximum atomic E-state index is 4.46. The SMILES string of the molecule is CC(C)c1cccc(Nc2ccnc3cc(Br)cnc23)c1. The second-order valence-electron chi connectivity index (χ2n) is 5.28. The van der Waals surface area contributed by atoms with Gasteiger partial charge in [0.25, 0.3) is 0 Å². The van der Waals surface area contributed by atoms with Gasteiger partial charge in [0.2, 0.25) is 0 Å². The van der Waals surface area contributed by atoms with Crippen molar-refractivity contribution in [2.75, 3.05) is 5.32 Å². The molecule has 2 heterocycles. The molecule has 0 aliphatic heterocycles. The molecule has 1 aromatic carbocycles. The number of anilines is 2. The summed E-state index contributed by atoms with van der Waals surface area (Å²) in [4.78, 5) is 8.82. The summed E-state index contributed by atoms with van der Waals surface area (Å²) in [7, 11) is 0. The Morgan fingerprint density at radius 3 is 2.76 bits per heavy atom. The second-order valence-corrected chi connectivity index (χ2v) is 6.20. The molecule has 0 atom stereocenters. The fourth-order valence-corrected chi connectivity index (χ4v) is 2.56. The Hall–Kier alpha value is -1.94. The van der Waals surface area contributed by atoms with Gasteiger partial charge in [-0.2, -0.15) is 0 Å². The molecule has 0 aliphatic carbocycles. The van der Waals surface area contributed by atoms with Gasteiger partial charge in [0.1, 0.15) is 5.52 Å². The van der Waals surface area contributed by atoms with Crippen LogP contribution in [0.2, 0.25) is 0 Å². The Bertz CT molecular complexity index is 784. The van der Waals surface area contributed by atoms with Crippen LogP contribution < -0.4 is 5.32 Å². The molecule has 0 fully saturated rings. The molecule has 0 aliphatic rings. The number of hydrogen-bond donors (Lipinski definition) is 1. The van der Waals surface area contributed by atoms with Gasteiger partial charge in [-0.1, -0.05) is 26.0 Å². The highest BCUT2D eigenvalue weighted by Crippen LogP contribution is 2.26. The highest BCUT2D eigenvalue weighted by Gasteiger charge is 2.06. The average molecular weight is 342 g/mol. The molecule has 0 spiro atoms. The van der Waals surface area contributed by atoms with E-state index in [1.807, 2.05) is 12.1 Å². The highest BCUT2D eigenvalue weighted by atomic mass is 79.9. The van der Waals surface area contributed by atoms with Gasteiger partial charge in [0.05, 0.1) is 11.2 Å². The van der Waals surface area contributed by atoms with Crippen LogP contribution in [0.4, 0.5) is 11.4 Å². The minimum atomic E-state index is 0.509. The highest BCUT2D eigenvalue weighted by molar-refractivity contribution is 9.10. The predicted octanol–water partition coefficient (Wildman–Crippen LogP) is 5.26. The number of fused-ring (bicyclic) bond motifs is 1. The molecule has 0 bridgehead atoms. The van der Waals surface area contributed by atoms with Crippen molar-refractivity contribution in [2.45, 2.75) is 19.8 Å². The first-order valence-electron chi connectivity index (χ1n) is 6.91. The van der Waals surface area contributed by atoms with Crippen molar-refractivity contribution in [3.63, 3.8) is 0 Å². The van der Waals surface area contributed by atoms with E-state index in [1.165, 1.54) is 5.56 Å². The lowest BCUT2D eigenvalue weighted by Gasteiger charge is -2.11. The average Bonchev–Trinajstić information content (AvgIpc) is 2.47. The standard InChI is InChI=1S/C17H16BrN3/c1-11(2)12-4-3-5-14(8-12)21-15-6-7-19-16-9-13(18)10-20-17(15)16/h3-11H,1-2H3,(H,19,21). The van der Waals surface area contributed by atoms with Crippen molar-refractivity contribution >= 4 is 38.3 Å². The van der Waals surface area contributed by atoms with Gasteiger partial charge in [-0.15, -0.1) is 0 Å². The van der Waals surface area contributed by atoms with Crippen LogP contribution >= 0.6 is 15.9 Å². The van der Waals surface area contributed by atoms with E-state index in [0.29, 0.717) is 5.92 Å². The van der Waals surface area contributed by atoms with Crippen LogP contribution in [0, 0.1) is 0 Å². The summed E-state index contributed by atoms with van der Waals surface area (Å²) in [5, 5.41) is 3.44. The molecule has 3 nitrogen and oxygen atoms in total. The van der Waals surface area contributed by atoms with Crippen molar-refractivity contribution in [3.8, 4) is 0 Å². The molecular formula is C17H16BrN3. The summed E-state index contributed by atoms with van der Waals surface area (Å²) in [5.74, 6) is 0.509. The lowest BCUT2D eigenvalue weighted by molar-refractivity contribution is 0.867. The fourth-order valence-electron chi connectivity index (χ4n) is 2.24. The van der Waals surface area contributed by atoms with Gasteiger partial charge < -0.3 is 5.32 Å². The maximum Gasteiger partial charge on any atom is 0.112 e. The summed E-state index contributed by atoms with van der Waals surface area (Å²) >= 11 is 3.43. The smallest absolute Gasteiger partial charge is 0.112 e. The molecule has 0 unspecified atom stereocenters. The molecule has 0 amide bonds. The third kappa shape index (κ3) is 3.05. The van der Waals surface area contributed by atoms with Crippen molar-refractivity contribution in [1.82, 2.24) is 9.97 Å². The minimum Gasteiger partial charge on any atom is -0.354 e. The van der Waals surface area contributed by atoms with Crippen LogP contribution in [-0.4, -0.2) is 9.97 Å².